The summed E-state index contributed by atoms with van der Waals surface area (Å²) >= 11 is 12.1. The number of rotatable bonds is 6. The minimum absolute atomic E-state index is 0.00288. The number of carbonyl (C=O) groups is 1. The number of amides is 1. The highest BCUT2D eigenvalue weighted by molar-refractivity contribution is 7.92. The molecule has 11 heteroatoms. The summed E-state index contributed by atoms with van der Waals surface area (Å²) in [5.41, 5.74) is 0.700. The molecule has 0 radical (unpaired) electrons. The molecule has 0 aromatic heterocycles. The number of hydrogen-bond donors (Lipinski definition) is 1. The number of nitrogens with zero attached hydrogens (tertiary/aromatic N) is 2. The maximum atomic E-state index is 12.7. The lowest BCUT2D eigenvalue weighted by Crippen LogP contribution is -2.45. The molecular weight excluding hydrogens is 429 g/mol. The van der Waals surface area contributed by atoms with Crippen LogP contribution in [0.4, 0.5) is 17.1 Å². The molecule has 0 unspecified atom stereocenters. The van der Waals surface area contributed by atoms with Gasteiger partial charge in [-0.25, -0.2) is 8.42 Å². The number of sulfonamides is 1. The van der Waals surface area contributed by atoms with Crippen molar-refractivity contribution in [2.45, 2.75) is 19.9 Å². The SMILES string of the molecule is Cc1ccc(N([C@@H](C)C(=O)Nc2cc([N+](=O)[O-])ccc2Cl)S(C)(=O)=O)cc1Cl. The fourth-order valence-corrected chi connectivity index (χ4v) is 3.99. The van der Waals surface area contributed by atoms with Crippen LogP contribution in [0.1, 0.15) is 12.5 Å². The number of nitro benzene ring substituents is 1. The Morgan fingerprint density at radius 3 is 2.36 bits per heavy atom. The van der Waals surface area contributed by atoms with Crippen LogP contribution in [0, 0.1) is 17.0 Å². The molecule has 0 aliphatic heterocycles. The van der Waals surface area contributed by atoms with E-state index in [1.54, 1.807) is 13.0 Å². The molecule has 1 amide bonds. The lowest BCUT2D eigenvalue weighted by Gasteiger charge is -2.28. The number of hydrogen-bond acceptors (Lipinski definition) is 5. The van der Waals surface area contributed by atoms with Crippen LogP contribution < -0.4 is 9.62 Å². The zero-order valence-electron chi connectivity index (χ0n) is 15.1. The summed E-state index contributed by atoms with van der Waals surface area (Å²) < 4.78 is 25.6. The van der Waals surface area contributed by atoms with Crippen molar-refractivity contribution in [3.8, 4) is 0 Å². The Morgan fingerprint density at radius 1 is 1.18 bits per heavy atom. The van der Waals surface area contributed by atoms with Crippen LogP contribution in [0.3, 0.4) is 0 Å². The van der Waals surface area contributed by atoms with E-state index in [1.807, 2.05) is 0 Å². The number of nitro groups is 1. The first-order valence-electron chi connectivity index (χ1n) is 7.92. The van der Waals surface area contributed by atoms with Crippen molar-refractivity contribution in [2.24, 2.45) is 0 Å². The molecule has 1 N–H and O–H groups in total. The maximum Gasteiger partial charge on any atom is 0.271 e. The van der Waals surface area contributed by atoms with E-state index >= 15 is 0 Å². The molecular formula is C17H17Cl2N3O5S. The molecule has 0 fully saturated rings. The predicted molar refractivity (Wildman–Crippen MR) is 110 cm³/mol. The van der Waals surface area contributed by atoms with Gasteiger partial charge < -0.3 is 5.32 Å². The molecule has 150 valence electrons. The van der Waals surface area contributed by atoms with E-state index in [0.29, 0.717) is 5.02 Å². The molecule has 0 saturated heterocycles. The normalized spacial score (nSPS) is 12.3. The first kappa shape index (κ1) is 21.9. The highest BCUT2D eigenvalue weighted by Crippen LogP contribution is 2.29. The number of carbonyl (C=O) groups excluding carboxylic acids is 1. The van der Waals surface area contributed by atoms with Crippen molar-refractivity contribution < 1.29 is 18.1 Å². The Kier molecular flexibility index (Phi) is 6.53. The van der Waals surface area contributed by atoms with E-state index < -0.39 is 26.9 Å². The fraction of sp³-hybridized carbons (Fsp3) is 0.235. The summed E-state index contributed by atoms with van der Waals surface area (Å²) in [4.78, 5) is 23.0. The summed E-state index contributed by atoms with van der Waals surface area (Å²) in [6.45, 7) is 3.15. The Hall–Kier alpha value is -2.36. The van der Waals surface area contributed by atoms with Crippen LogP contribution in [0.15, 0.2) is 36.4 Å². The third kappa shape index (κ3) is 4.92. The Labute approximate surface area is 172 Å². The van der Waals surface area contributed by atoms with Crippen molar-refractivity contribution in [3.63, 3.8) is 0 Å². The van der Waals surface area contributed by atoms with Crippen LogP contribution in [0.5, 0.6) is 0 Å². The van der Waals surface area contributed by atoms with Crippen LogP contribution in [-0.2, 0) is 14.8 Å². The number of nitrogens with one attached hydrogen (secondary N) is 1. The summed E-state index contributed by atoms with van der Waals surface area (Å²) in [6.07, 6.45) is 0.963. The van der Waals surface area contributed by atoms with Gasteiger partial charge in [-0.2, -0.15) is 0 Å². The average Bonchev–Trinajstić information content (AvgIpc) is 2.58. The fourth-order valence-electron chi connectivity index (χ4n) is 2.49. The second-order valence-corrected chi connectivity index (χ2v) is 8.75. The predicted octanol–water partition coefficient (Wildman–Crippen LogP) is 4.00. The van der Waals surface area contributed by atoms with Crippen LogP contribution in [0.25, 0.3) is 0 Å². The van der Waals surface area contributed by atoms with Gasteiger partial charge in [0.1, 0.15) is 6.04 Å². The number of non-ortho nitro benzene ring substituents is 1. The van der Waals surface area contributed by atoms with Crippen LogP contribution in [-0.4, -0.2) is 31.5 Å². The molecule has 2 aromatic carbocycles. The zero-order valence-corrected chi connectivity index (χ0v) is 17.5. The van der Waals surface area contributed by atoms with Crippen molar-refractivity contribution in [1.82, 2.24) is 0 Å². The van der Waals surface area contributed by atoms with E-state index in [4.69, 9.17) is 23.2 Å². The topological polar surface area (TPSA) is 110 Å². The Morgan fingerprint density at radius 2 is 1.82 bits per heavy atom. The van der Waals surface area contributed by atoms with Gasteiger partial charge in [0.15, 0.2) is 0 Å². The van der Waals surface area contributed by atoms with E-state index in [-0.39, 0.29) is 22.1 Å². The second kappa shape index (κ2) is 8.34. The zero-order chi connectivity index (χ0) is 21.2. The average molecular weight is 446 g/mol. The van der Waals surface area contributed by atoms with Gasteiger partial charge in [-0.3, -0.25) is 19.2 Å². The van der Waals surface area contributed by atoms with Gasteiger partial charge in [-0.05, 0) is 37.6 Å². The number of anilines is 2. The molecule has 28 heavy (non-hydrogen) atoms. The molecule has 0 saturated carbocycles. The molecule has 1 atom stereocenters. The van der Waals surface area contributed by atoms with Crippen LogP contribution in [0.2, 0.25) is 10.0 Å². The highest BCUT2D eigenvalue weighted by Gasteiger charge is 2.30. The smallest absolute Gasteiger partial charge is 0.271 e. The lowest BCUT2D eigenvalue weighted by atomic mass is 10.2. The molecule has 0 aliphatic carbocycles. The van der Waals surface area contributed by atoms with Crippen molar-refractivity contribution in [1.29, 1.82) is 0 Å². The molecule has 0 aliphatic rings. The second-order valence-electron chi connectivity index (χ2n) is 6.08. The van der Waals surface area contributed by atoms with E-state index in [0.717, 1.165) is 22.2 Å². The van der Waals surface area contributed by atoms with Crippen LogP contribution >= 0.6 is 23.2 Å². The molecule has 2 aromatic rings. The minimum Gasteiger partial charge on any atom is -0.323 e. The van der Waals surface area contributed by atoms with E-state index in [2.05, 4.69) is 5.32 Å². The number of aryl methyl sites for hydroxylation is 1. The van der Waals surface area contributed by atoms with Crippen molar-refractivity contribution >= 4 is 56.2 Å². The molecule has 0 heterocycles. The van der Waals surface area contributed by atoms with Gasteiger partial charge in [-0.1, -0.05) is 29.3 Å². The van der Waals surface area contributed by atoms with Gasteiger partial charge in [0.2, 0.25) is 15.9 Å². The molecule has 0 bridgehead atoms. The van der Waals surface area contributed by atoms with Gasteiger partial charge in [-0.15, -0.1) is 0 Å². The van der Waals surface area contributed by atoms with Gasteiger partial charge >= 0.3 is 0 Å². The van der Waals surface area contributed by atoms with E-state index in [9.17, 15) is 23.3 Å². The molecule has 2 rings (SSSR count). The summed E-state index contributed by atoms with van der Waals surface area (Å²) in [7, 11) is -3.84. The van der Waals surface area contributed by atoms with E-state index in [1.165, 1.54) is 31.2 Å². The highest BCUT2D eigenvalue weighted by atomic mass is 35.5. The number of benzene rings is 2. The van der Waals surface area contributed by atoms with Gasteiger partial charge in [0.25, 0.3) is 5.69 Å². The monoisotopic (exact) mass is 445 g/mol. The summed E-state index contributed by atoms with van der Waals surface area (Å²) in [5.74, 6) is -0.718. The first-order chi connectivity index (χ1) is 12.9. The molecule has 8 nitrogen and oxygen atoms in total. The Bertz CT molecular complexity index is 1040. The maximum absolute atomic E-state index is 12.7. The lowest BCUT2D eigenvalue weighted by molar-refractivity contribution is -0.384. The first-order valence-corrected chi connectivity index (χ1v) is 10.5. The van der Waals surface area contributed by atoms with Gasteiger partial charge in [0.05, 0.1) is 27.6 Å². The van der Waals surface area contributed by atoms with Crippen molar-refractivity contribution in [3.05, 3.63) is 62.1 Å². The Balaban J connectivity index is 2.38. The quantitative estimate of drug-likeness (QED) is 0.533. The van der Waals surface area contributed by atoms with Crippen molar-refractivity contribution in [2.75, 3.05) is 15.9 Å². The molecule has 0 spiro atoms. The third-order valence-electron chi connectivity index (χ3n) is 3.92. The summed E-state index contributed by atoms with van der Waals surface area (Å²) in [6, 6.07) is 7.00. The summed E-state index contributed by atoms with van der Waals surface area (Å²) in [5, 5.41) is 13.8. The third-order valence-corrected chi connectivity index (χ3v) is 5.90. The largest absolute Gasteiger partial charge is 0.323 e. The van der Waals surface area contributed by atoms with Gasteiger partial charge in [0, 0.05) is 17.2 Å². The number of halogens is 2. The standard InChI is InChI=1S/C17H17Cl2N3O5S/c1-10-4-5-12(8-15(10)19)21(28(3,26)27)11(2)17(23)20-16-9-13(22(24)25)6-7-14(16)18/h4-9,11H,1-3H3,(H,20,23)/t11-/m0/s1. The minimum atomic E-state index is -3.84.